The van der Waals surface area contributed by atoms with Crippen molar-refractivity contribution in [1.29, 1.82) is 0 Å². The Hall–Kier alpha value is -0.910. The van der Waals surface area contributed by atoms with E-state index in [1.807, 2.05) is 0 Å². The number of alkyl halides is 1. The van der Waals surface area contributed by atoms with Crippen molar-refractivity contribution in [2.45, 2.75) is 12.5 Å². The molecule has 0 aliphatic rings. The summed E-state index contributed by atoms with van der Waals surface area (Å²) in [6.07, 6.45) is 0.885. The average molecular weight is 277 g/mol. The molecular formula is C11H13ClO4S. The molecule has 0 fully saturated rings. The van der Waals surface area contributed by atoms with Crippen LogP contribution >= 0.6 is 11.6 Å². The summed E-state index contributed by atoms with van der Waals surface area (Å²) in [5, 5.41) is 0. The van der Waals surface area contributed by atoms with Gasteiger partial charge in [-0.15, -0.1) is 11.6 Å². The Morgan fingerprint density at radius 3 is 2.29 bits per heavy atom. The van der Waals surface area contributed by atoms with Gasteiger partial charge in [-0.3, -0.25) is 8.98 Å². The van der Waals surface area contributed by atoms with Gasteiger partial charge in [0.2, 0.25) is 0 Å². The minimum atomic E-state index is -3.75. The third kappa shape index (κ3) is 3.80. The fourth-order valence-corrected chi connectivity index (χ4v) is 2.39. The van der Waals surface area contributed by atoms with Gasteiger partial charge in [0.15, 0.2) is 11.4 Å². The van der Waals surface area contributed by atoms with Gasteiger partial charge in [0.1, 0.15) is 0 Å². The first-order chi connectivity index (χ1) is 7.78. The number of carbonyl (C=O) groups is 1. The summed E-state index contributed by atoms with van der Waals surface area (Å²) in [7, 11) is -3.75. The molecular weight excluding hydrogens is 264 g/mol. The lowest BCUT2D eigenvalue weighted by Gasteiger charge is -2.24. The van der Waals surface area contributed by atoms with Crippen LogP contribution in [0.15, 0.2) is 30.3 Å². The van der Waals surface area contributed by atoms with E-state index in [2.05, 4.69) is 0 Å². The summed E-state index contributed by atoms with van der Waals surface area (Å²) in [5.74, 6) is -0.702. The molecule has 0 bridgehead atoms. The van der Waals surface area contributed by atoms with Gasteiger partial charge in [-0.05, 0) is 6.92 Å². The lowest BCUT2D eigenvalue weighted by Crippen LogP contribution is -2.42. The minimum absolute atomic E-state index is 0.242. The van der Waals surface area contributed by atoms with Gasteiger partial charge in [0, 0.05) is 5.56 Å². The Balaban J connectivity index is 3.07. The van der Waals surface area contributed by atoms with Crippen LogP contribution in [0.4, 0.5) is 0 Å². The molecule has 0 radical (unpaired) electrons. The van der Waals surface area contributed by atoms with E-state index in [-0.39, 0.29) is 5.88 Å². The Morgan fingerprint density at radius 1 is 1.35 bits per heavy atom. The molecule has 0 spiro atoms. The van der Waals surface area contributed by atoms with Crippen LogP contribution in [0.1, 0.15) is 17.3 Å². The van der Waals surface area contributed by atoms with Gasteiger partial charge >= 0.3 is 0 Å². The van der Waals surface area contributed by atoms with Crippen molar-refractivity contribution >= 4 is 27.5 Å². The lowest BCUT2D eigenvalue weighted by atomic mass is 9.97. The van der Waals surface area contributed by atoms with E-state index in [1.54, 1.807) is 30.3 Å². The molecule has 0 N–H and O–H groups in total. The first-order valence-electron chi connectivity index (χ1n) is 4.85. The predicted molar refractivity (Wildman–Crippen MR) is 65.8 cm³/mol. The normalized spacial score (nSPS) is 15.2. The van der Waals surface area contributed by atoms with E-state index < -0.39 is 21.5 Å². The molecule has 1 aromatic rings. The summed E-state index contributed by atoms with van der Waals surface area (Å²) in [6, 6.07) is 8.29. The van der Waals surface area contributed by atoms with Crippen LogP contribution in [0.3, 0.4) is 0 Å². The second kappa shape index (κ2) is 5.16. The van der Waals surface area contributed by atoms with Crippen LogP contribution in [0, 0.1) is 0 Å². The molecule has 94 valence electrons. The lowest BCUT2D eigenvalue weighted by molar-refractivity contribution is 0.0618. The maximum absolute atomic E-state index is 12.1. The number of hydrogen-bond donors (Lipinski definition) is 0. The molecule has 1 aromatic carbocycles. The van der Waals surface area contributed by atoms with Gasteiger partial charge in [-0.1, -0.05) is 30.3 Å². The van der Waals surface area contributed by atoms with E-state index in [0.717, 1.165) is 6.26 Å². The first kappa shape index (κ1) is 14.2. The zero-order valence-corrected chi connectivity index (χ0v) is 11.1. The molecule has 1 unspecified atom stereocenters. The SMILES string of the molecule is CC(CCl)(OS(C)(=O)=O)C(=O)c1ccccc1. The van der Waals surface area contributed by atoms with Gasteiger partial charge in [0.25, 0.3) is 10.1 Å². The first-order valence-corrected chi connectivity index (χ1v) is 7.20. The zero-order chi connectivity index (χ0) is 13.1. The third-order valence-corrected chi connectivity index (χ3v) is 3.29. The Morgan fingerprint density at radius 2 is 1.88 bits per heavy atom. The number of Topliss-reactive ketones (excluding diaryl/α,β-unsaturated/α-hetero) is 1. The second-order valence-electron chi connectivity index (χ2n) is 3.85. The van der Waals surface area contributed by atoms with Crippen molar-refractivity contribution in [3.63, 3.8) is 0 Å². The molecule has 0 aliphatic carbocycles. The van der Waals surface area contributed by atoms with Gasteiger partial charge in [0.05, 0.1) is 12.1 Å². The molecule has 0 aromatic heterocycles. The van der Waals surface area contributed by atoms with Crippen molar-refractivity contribution in [3.05, 3.63) is 35.9 Å². The molecule has 0 aliphatic heterocycles. The van der Waals surface area contributed by atoms with Crippen LogP contribution in [-0.2, 0) is 14.3 Å². The number of halogens is 1. The smallest absolute Gasteiger partial charge is 0.265 e. The summed E-state index contributed by atoms with van der Waals surface area (Å²) in [6.45, 7) is 1.36. The number of benzene rings is 1. The molecule has 1 atom stereocenters. The number of rotatable bonds is 5. The van der Waals surface area contributed by atoms with Crippen molar-refractivity contribution in [3.8, 4) is 0 Å². The number of hydrogen-bond acceptors (Lipinski definition) is 4. The Bertz CT molecular complexity index is 497. The van der Waals surface area contributed by atoms with Crippen molar-refractivity contribution < 1.29 is 17.4 Å². The molecule has 4 nitrogen and oxygen atoms in total. The van der Waals surface area contributed by atoms with Crippen molar-refractivity contribution in [1.82, 2.24) is 0 Å². The Kier molecular flexibility index (Phi) is 4.30. The van der Waals surface area contributed by atoms with E-state index in [1.165, 1.54) is 6.92 Å². The molecule has 0 heterocycles. The van der Waals surface area contributed by atoms with Crippen LogP contribution in [-0.4, -0.2) is 31.9 Å². The van der Waals surface area contributed by atoms with Crippen molar-refractivity contribution in [2.24, 2.45) is 0 Å². The van der Waals surface area contributed by atoms with Gasteiger partial charge in [-0.2, -0.15) is 8.42 Å². The molecule has 0 saturated carbocycles. The largest absolute Gasteiger partial charge is 0.291 e. The topological polar surface area (TPSA) is 60.4 Å². The fraction of sp³-hybridized carbons (Fsp3) is 0.364. The maximum Gasteiger partial charge on any atom is 0.265 e. The molecule has 17 heavy (non-hydrogen) atoms. The highest BCUT2D eigenvalue weighted by Gasteiger charge is 2.37. The van der Waals surface area contributed by atoms with E-state index in [4.69, 9.17) is 15.8 Å². The molecule has 1 rings (SSSR count). The maximum atomic E-state index is 12.1. The third-order valence-electron chi connectivity index (χ3n) is 2.11. The average Bonchev–Trinajstić information content (AvgIpc) is 2.27. The highest BCUT2D eigenvalue weighted by Crippen LogP contribution is 2.21. The predicted octanol–water partition coefficient (Wildman–Crippen LogP) is 1.84. The van der Waals surface area contributed by atoms with Gasteiger partial charge < -0.3 is 0 Å². The standard InChI is InChI=1S/C11H13ClO4S/c1-11(8-12,16-17(2,14)15)10(13)9-6-4-3-5-7-9/h3-7H,8H2,1-2H3. The highest BCUT2D eigenvalue weighted by molar-refractivity contribution is 7.86. The number of ketones is 1. The minimum Gasteiger partial charge on any atom is -0.291 e. The highest BCUT2D eigenvalue weighted by atomic mass is 35.5. The van der Waals surface area contributed by atoms with E-state index >= 15 is 0 Å². The van der Waals surface area contributed by atoms with Crippen LogP contribution in [0.2, 0.25) is 0 Å². The summed E-state index contributed by atoms with van der Waals surface area (Å²) in [4.78, 5) is 12.1. The van der Waals surface area contributed by atoms with Crippen LogP contribution < -0.4 is 0 Å². The second-order valence-corrected chi connectivity index (χ2v) is 5.69. The summed E-state index contributed by atoms with van der Waals surface area (Å²) >= 11 is 5.65. The fourth-order valence-electron chi connectivity index (χ4n) is 1.35. The summed E-state index contributed by atoms with van der Waals surface area (Å²) < 4.78 is 27.0. The zero-order valence-electron chi connectivity index (χ0n) is 9.51. The van der Waals surface area contributed by atoms with Crippen LogP contribution in [0.5, 0.6) is 0 Å². The van der Waals surface area contributed by atoms with Gasteiger partial charge in [-0.25, -0.2) is 0 Å². The monoisotopic (exact) mass is 276 g/mol. The van der Waals surface area contributed by atoms with Crippen LogP contribution in [0.25, 0.3) is 0 Å². The Labute approximate surface area is 106 Å². The van der Waals surface area contributed by atoms with Crippen molar-refractivity contribution in [2.75, 3.05) is 12.1 Å². The number of carbonyl (C=O) groups excluding carboxylic acids is 1. The molecule has 0 amide bonds. The summed E-state index contributed by atoms with van der Waals surface area (Å²) in [5.41, 5.74) is -1.21. The van der Waals surface area contributed by atoms with E-state index in [0.29, 0.717) is 5.56 Å². The molecule has 6 heteroatoms. The quantitative estimate of drug-likeness (QED) is 0.468. The molecule has 0 saturated heterocycles. The van der Waals surface area contributed by atoms with E-state index in [9.17, 15) is 13.2 Å².